The maximum absolute atomic E-state index is 13.0. The summed E-state index contributed by atoms with van der Waals surface area (Å²) in [5.74, 6) is 0.397. The molecule has 1 saturated heterocycles. The van der Waals surface area contributed by atoms with E-state index in [1.165, 1.54) is 18.3 Å². The first-order valence-electron chi connectivity index (χ1n) is 7.95. The van der Waals surface area contributed by atoms with Gasteiger partial charge in [-0.3, -0.25) is 13.7 Å². The second-order valence-corrected chi connectivity index (χ2v) is 7.48. The van der Waals surface area contributed by atoms with Gasteiger partial charge in [-0.05, 0) is 6.07 Å². The molecule has 0 radical (unpaired) electrons. The van der Waals surface area contributed by atoms with E-state index in [0.717, 1.165) is 5.56 Å². The molecule has 0 saturated carbocycles. The summed E-state index contributed by atoms with van der Waals surface area (Å²) in [6.07, 6.45) is 2.16. The maximum Gasteiger partial charge on any atom is 0.272 e. The van der Waals surface area contributed by atoms with Crippen LogP contribution >= 0.6 is 0 Å². The third-order valence-electron chi connectivity index (χ3n) is 3.99. The number of alkyl halides is 2. The Bertz CT molecular complexity index is 814. The summed E-state index contributed by atoms with van der Waals surface area (Å²) in [6.45, 7) is -0.452. The van der Waals surface area contributed by atoms with Crippen molar-refractivity contribution in [1.82, 2.24) is 19.7 Å². The fraction of sp³-hybridized carbons (Fsp3) is 0.438. The van der Waals surface area contributed by atoms with E-state index >= 15 is 0 Å². The van der Waals surface area contributed by atoms with Crippen LogP contribution < -0.4 is 4.74 Å². The highest BCUT2D eigenvalue weighted by Crippen LogP contribution is 2.27. The molecule has 0 aromatic carbocycles. The average Bonchev–Trinajstić information content (AvgIpc) is 3.06. The van der Waals surface area contributed by atoms with Crippen LogP contribution in [0.2, 0.25) is 0 Å². The van der Waals surface area contributed by atoms with Crippen molar-refractivity contribution in [2.75, 3.05) is 24.7 Å². The molecule has 140 valence electrons. The van der Waals surface area contributed by atoms with Crippen molar-refractivity contribution >= 4 is 16.7 Å². The largest absolute Gasteiger partial charge is 0.472 e. The lowest BCUT2D eigenvalue weighted by Crippen LogP contribution is -2.44. The molecule has 0 spiro atoms. The van der Waals surface area contributed by atoms with Gasteiger partial charge in [0.15, 0.2) is 6.61 Å². The number of carbonyl (C=O) groups is 1. The zero-order valence-electron chi connectivity index (χ0n) is 14.0. The van der Waals surface area contributed by atoms with Gasteiger partial charge in [0.05, 0.1) is 12.2 Å². The minimum absolute atomic E-state index is 0.0327. The average molecular weight is 384 g/mol. The van der Waals surface area contributed by atoms with Gasteiger partial charge in [-0.25, -0.2) is 13.8 Å². The van der Waals surface area contributed by atoms with Gasteiger partial charge < -0.3 is 9.64 Å². The second-order valence-electron chi connectivity index (χ2n) is 5.86. The fourth-order valence-corrected chi connectivity index (χ4v) is 4.06. The molecular weight excluding hydrogens is 366 g/mol. The van der Waals surface area contributed by atoms with Crippen molar-refractivity contribution in [3.63, 3.8) is 0 Å². The first kappa shape index (κ1) is 18.4. The summed E-state index contributed by atoms with van der Waals surface area (Å²) in [7, 11) is 0.750. The highest BCUT2D eigenvalue weighted by molar-refractivity contribution is 7.85. The second kappa shape index (κ2) is 7.90. The van der Waals surface area contributed by atoms with Crippen molar-refractivity contribution in [1.29, 1.82) is 0 Å². The topological polar surface area (TPSA) is 77.3 Å². The Kier molecular flexibility index (Phi) is 5.60. The van der Waals surface area contributed by atoms with Crippen LogP contribution in [0.5, 0.6) is 5.88 Å². The normalized spacial score (nSPS) is 20.4. The van der Waals surface area contributed by atoms with Gasteiger partial charge in [-0.1, -0.05) is 0 Å². The van der Waals surface area contributed by atoms with Gasteiger partial charge in [0.25, 0.3) is 12.3 Å². The van der Waals surface area contributed by atoms with E-state index in [-0.39, 0.29) is 23.4 Å². The molecular formula is C16H18F2N4O3S. The summed E-state index contributed by atoms with van der Waals surface area (Å²) in [5.41, 5.74) is 1.09. The monoisotopic (exact) mass is 384 g/mol. The number of halogens is 2. The van der Waals surface area contributed by atoms with Gasteiger partial charge in [-0.2, -0.15) is 5.10 Å². The molecule has 3 rings (SSSR count). The van der Waals surface area contributed by atoms with Crippen LogP contribution in [0.4, 0.5) is 8.78 Å². The molecule has 3 heterocycles. The van der Waals surface area contributed by atoms with Gasteiger partial charge in [0, 0.05) is 65.5 Å². The Morgan fingerprint density at radius 1 is 1.50 bits per heavy atom. The number of nitrogens with zero attached hydrogens (tertiary/aromatic N) is 4. The third kappa shape index (κ3) is 4.24. The van der Waals surface area contributed by atoms with Crippen molar-refractivity contribution in [2.45, 2.75) is 12.5 Å². The fourth-order valence-electron chi connectivity index (χ4n) is 2.77. The molecule has 1 aliphatic rings. The number of pyridine rings is 1. The number of hydrogen-bond acceptors (Lipinski definition) is 5. The Morgan fingerprint density at radius 2 is 2.31 bits per heavy atom. The zero-order valence-corrected chi connectivity index (χ0v) is 14.9. The van der Waals surface area contributed by atoms with Crippen molar-refractivity contribution in [3.8, 4) is 5.88 Å². The van der Waals surface area contributed by atoms with Crippen LogP contribution in [-0.4, -0.2) is 60.9 Å². The molecule has 7 nitrogen and oxygen atoms in total. The summed E-state index contributed by atoms with van der Waals surface area (Å²) < 4.78 is 43.1. The first-order chi connectivity index (χ1) is 12.4. The minimum atomic E-state index is -2.62. The predicted molar refractivity (Wildman–Crippen MR) is 90.6 cm³/mol. The van der Waals surface area contributed by atoms with Gasteiger partial charge >= 0.3 is 0 Å². The van der Waals surface area contributed by atoms with Gasteiger partial charge in [0.1, 0.15) is 0 Å². The van der Waals surface area contributed by atoms with Gasteiger partial charge in [0.2, 0.25) is 5.88 Å². The molecule has 2 aromatic heterocycles. The Hall–Kier alpha value is -2.36. The summed E-state index contributed by atoms with van der Waals surface area (Å²) in [4.78, 5) is 18.4. The number of hydrogen-bond donors (Lipinski definition) is 0. The third-order valence-corrected chi connectivity index (χ3v) is 5.31. The van der Waals surface area contributed by atoms with Gasteiger partial charge in [-0.15, -0.1) is 0 Å². The van der Waals surface area contributed by atoms with Crippen LogP contribution in [0.3, 0.4) is 0 Å². The highest BCUT2D eigenvalue weighted by atomic mass is 32.2. The summed E-state index contributed by atoms with van der Waals surface area (Å²) >= 11 is 0. The molecule has 2 atom stereocenters. The Balaban J connectivity index is 1.82. The van der Waals surface area contributed by atoms with Crippen LogP contribution in [0, 0.1) is 0 Å². The van der Waals surface area contributed by atoms with E-state index < -0.39 is 23.8 Å². The number of aryl methyl sites for hydroxylation is 1. The van der Waals surface area contributed by atoms with E-state index in [2.05, 4.69) is 10.1 Å². The molecule has 26 heavy (non-hydrogen) atoms. The number of ether oxygens (including phenoxy) is 1. The number of amides is 1. The molecule has 0 aliphatic carbocycles. The molecule has 10 heteroatoms. The quantitative estimate of drug-likeness (QED) is 0.779. The van der Waals surface area contributed by atoms with E-state index in [1.807, 2.05) is 0 Å². The molecule has 2 unspecified atom stereocenters. The van der Waals surface area contributed by atoms with Crippen molar-refractivity contribution in [2.24, 2.45) is 7.05 Å². The summed E-state index contributed by atoms with van der Waals surface area (Å²) in [5, 5.41) is 4.12. The molecule has 1 fully saturated rings. The van der Waals surface area contributed by atoms with Crippen LogP contribution in [-0.2, 0) is 17.8 Å². The van der Waals surface area contributed by atoms with E-state index in [4.69, 9.17) is 4.74 Å². The number of rotatable bonds is 5. The van der Waals surface area contributed by atoms with Crippen LogP contribution in [0.25, 0.3) is 0 Å². The Morgan fingerprint density at radius 3 is 3.00 bits per heavy atom. The molecule has 1 aliphatic heterocycles. The minimum Gasteiger partial charge on any atom is -0.472 e. The lowest BCUT2D eigenvalue weighted by molar-refractivity contribution is 0.0696. The van der Waals surface area contributed by atoms with E-state index in [1.54, 1.807) is 29.0 Å². The molecule has 0 N–H and O–H groups in total. The smallest absolute Gasteiger partial charge is 0.272 e. The number of carbonyl (C=O) groups excluding carboxylic acids is 1. The lowest BCUT2D eigenvalue weighted by Gasteiger charge is -2.34. The number of aromatic nitrogens is 3. The van der Waals surface area contributed by atoms with E-state index in [0.29, 0.717) is 18.1 Å². The highest BCUT2D eigenvalue weighted by Gasteiger charge is 2.32. The van der Waals surface area contributed by atoms with Crippen LogP contribution in [0.15, 0.2) is 30.7 Å². The summed E-state index contributed by atoms with van der Waals surface area (Å²) in [6, 6.07) is 2.49. The molecule has 0 bridgehead atoms. The zero-order chi connectivity index (χ0) is 18.7. The molecule has 2 aromatic rings. The first-order valence-corrected chi connectivity index (χ1v) is 9.44. The van der Waals surface area contributed by atoms with Crippen molar-refractivity contribution < 1.29 is 22.5 Å². The standard InChI is InChI=1S/C16H18F2N4O3S/c1-21-8-12(7-20-21)13-10-26(24)5-4-22(13)16(23)11-2-3-19-15(6-11)25-9-14(17)18/h2-3,6-8,13-14H,4-5,9-10H2,1H3. The predicted octanol–water partition coefficient (Wildman–Crippen LogP) is 1.40. The lowest BCUT2D eigenvalue weighted by atomic mass is 10.1. The Labute approximate surface area is 151 Å². The SMILES string of the molecule is Cn1cc(C2CS(=O)CCN2C(=O)c2ccnc(OCC(F)F)c2)cn1. The van der Waals surface area contributed by atoms with Crippen LogP contribution in [0.1, 0.15) is 22.0 Å². The maximum atomic E-state index is 13.0. The molecule has 1 amide bonds. The van der Waals surface area contributed by atoms with E-state index in [9.17, 15) is 17.8 Å². The van der Waals surface area contributed by atoms with Crippen molar-refractivity contribution in [3.05, 3.63) is 41.9 Å².